The normalized spacial score (nSPS) is 14.3. The summed E-state index contributed by atoms with van der Waals surface area (Å²) < 4.78 is 0. The van der Waals surface area contributed by atoms with Gasteiger partial charge in [-0.05, 0) is 52.4 Å². The van der Waals surface area contributed by atoms with Crippen molar-refractivity contribution in [2.45, 2.75) is 26.2 Å². The number of nitrogens with zero attached hydrogens (tertiary/aromatic N) is 1. The lowest BCUT2D eigenvalue weighted by Crippen LogP contribution is -2.37. The van der Waals surface area contributed by atoms with E-state index < -0.39 is 0 Å². The number of benzene rings is 4. The van der Waals surface area contributed by atoms with Crippen molar-refractivity contribution in [3.8, 4) is 11.1 Å². The fourth-order valence-corrected chi connectivity index (χ4v) is 4.82. The van der Waals surface area contributed by atoms with Gasteiger partial charge in [0.25, 0.3) is 0 Å². The second-order valence-electron chi connectivity index (χ2n) is 8.64. The highest BCUT2D eigenvalue weighted by atomic mass is 15.2. The van der Waals surface area contributed by atoms with Gasteiger partial charge < -0.3 is 4.90 Å². The molecule has 0 amide bonds. The van der Waals surface area contributed by atoms with Gasteiger partial charge in [-0.2, -0.15) is 0 Å². The molecule has 0 atom stereocenters. The summed E-state index contributed by atoms with van der Waals surface area (Å²) in [6, 6.07) is 37.3. The molecular formula is C29H27N. The third-order valence-electron chi connectivity index (χ3n) is 6.80. The Morgan fingerprint density at radius 2 is 1.03 bits per heavy atom. The highest BCUT2D eigenvalue weighted by Gasteiger charge is 2.41. The summed E-state index contributed by atoms with van der Waals surface area (Å²) in [5.41, 5.74) is 9.01. The Morgan fingerprint density at radius 3 is 1.57 bits per heavy atom. The summed E-state index contributed by atoms with van der Waals surface area (Å²) in [6.45, 7) is 7.06. The second-order valence-corrected chi connectivity index (χ2v) is 8.64. The maximum absolute atomic E-state index is 2.42. The molecule has 1 heterocycles. The summed E-state index contributed by atoms with van der Waals surface area (Å²) in [5, 5.41) is 0. The average molecular weight is 390 g/mol. The molecule has 0 fully saturated rings. The first-order valence-corrected chi connectivity index (χ1v) is 10.8. The molecular weight excluding hydrogens is 362 g/mol. The molecule has 0 aliphatic carbocycles. The minimum absolute atomic E-state index is 0.0202. The molecule has 30 heavy (non-hydrogen) atoms. The van der Waals surface area contributed by atoms with Crippen LogP contribution in [0.2, 0.25) is 0 Å². The Labute approximate surface area is 179 Å². The zero-order valence-corrected chi connectivity index (χ0v) is 17.8. The van der Waals surface area contributed by atoms with Crippen LogP contribution in [-0.2, 0) is 5.41 Å². The largest absolute Gasteiger partial charge is 0.310 e. The third-order valence-corrected chi connectivity index (χ3v) is 6.80. The average Bonchev–Trinajstić information content (AvgIpc) is 2.80. The zero-order chi connectivity index (χ0) is 20.7. The van der Waals surface area contributed by atoms with Crippen molar-refractivity contribution in [2.24, 2.45) is 5.92 Å². The van der Waals surface area contributed by atoms with Gasteiger partial charge in [-0.3, -0.25) is 0 Å². The molecule has 0 bridgehead atoms. The third kappa shape index (κ3) is 2.77. The van der Waals surface area contributed by atoms with Crippen molar-refractivity contribution in [3.63, 3.8) is 0 Å². The van der Waals surface area contributed by atoms with Crippen molar-refractivity contribution >= 4 is 17.1 Å². The zero-order valence-electron chi connectivity index (χ0n) is 17.8. The van der Waals surface area contributed by atoms with E-state index in [4.69, 9.17) is 0 Å². The summed E-state index contributed by atoms with van der Waals surface area (Å²) >= 11 is 0. The Balaban J connectivity index is 1.68. The van der Waals surface area contributed by atoms with Crippen LogP contribution >= 0.6 is 0 Å². The summed E-state index contributed by atoms with van der Waals surface area (Å²) in [4.78, 5) is 2.42. The van der Waals surface area contributed by atoms with Crippen LogP contribution in [0.3, 0.4) is 0 Å². The topological polar surface area (TPSA) is 3.24 Å². The van der Waals surface area contributed by atoms with E-state index in [9.17, 15) is 0 Å². The molecule has 0 saturated carbocycles. The molecule has 0 saturated heterocycles. The van der Waals surface area contributed by atoms with Crippen LogP contribution in [0.1, 0.15) is 31.9 Å². The Hall–Kier alpha value is -3.32. The first-order valence-electron chi connectivity index (χ1n) is 10.8. The molecule has 0 radical (unpaired) electrons. The summed E-state index contributed by atoms with van der Waals surface area (Å²) in [7, 11) is 0. The van der Waals surface area contributed by atoms with Crippen LogP contribution in [-0.4, -0.2) is 0 Å². The predicted molar refractivity (Wildman–Crippen MR) is 128 cm³/mol. The number of para-hydroxylation sites is 2. The van der Waals surface area contributed by atoms with E-state index in [1.165, 1.54) is 39.3 Å². The quantitative estimate of drug-likeness (QED) is 0.342. The number of hydrogen-bond donors (Lipinski definition) is 0. The van der Waals surface area contributed by atoms with Gasteiger partial charge in [0.1, 0.15) is 0 Å². The molecule has 1 heteroatoms. The molecule has 1 nitrogen and oxygen atoms in total. The standard InChI is InChI=1S/C29H27N/c1-21(2)29(3)25-13-7-9-15-27(25)30(28-16-10-8-14-26(28)29)24-19-17-23(18-20-24)22-11-5-4-6-12-22/h4-21H,1-3H3. The lowest BCUT2D eigenvalue weighted by molar-refractivity contribution is 0.403. The van der Waals surface area contributed by atoms with Crippen LogP contribution < -0.4 is 4.90 Å². The first kappa shape index (κ1) is 18.7. The molecule has 0 N–H and O–H groups in total. The van der Waals surface area contributed by atoms with E-state index in [0.717, 1.165) is 0 Å². The molecule has 0 unspecified atom stereocenters. The van der Waals surface area contributed by atoms with Gasteiger partial charge in [0.15, 0.2) is 0 Å². The molecule has 5 rings (SSSR count). The predicted octanol–water partition coefficient (Wildman–Crippen LogP) is 8.10. The fourth-order valence-electron chi connectivity index (χ4n) is 4.82. The second kappa shape index (κ2) is 7.18. The van der Waals surface area contributed by atoms with Gasteiger partial charge in [-0.25, -0.2) is 0 Å². The molecule has 1 aliphatic rings. The Morgan fingerprint density at radius 1 is 0.567 bits per heavy atom. The number of anilines is 3. The summed E-state index contributed by atoms with van der Waals surface area (Å²) in [6.07, 6.45) is 0. The van der Waals surface area contributed by atoms with E-state index in [-0.39, 0.29) is 5.41 Å². The molecule has 4 aromatic rings. The molecule has 148 valence electrons. The van der Waals surface area contributed by atoms with E-state index in [1.807, 2.05) is 0 Å². The maximum atomic E-state index is 2.42. The summed E-state index contributed by atoms with van der Waals surface area (Å²) in [5.74, 6) is 0.488. The number of fused-ring (bicyclic) bond motifs is 2. The van der Waals surface area contributed by atoms with Gasteiger partial charge in [-0.1, -0.05) is 99.6 Å². The first-order chi connectivity index (χ1) is 14.6. The van der Waals surface area contributed by atoms with Gasteiger partial charge >= 0.3 is 0 Å². The minimum atomic E-state index is -0.0202. The monoisotopic (exact) mass is 389 g/mol. The van der Waals surface area contributed by atoms with Crippen molar-refractivity contribution in [1.29, 1.82) is 0 Å². The van der Waals surface area contributed by atoms with Crippen LogP contribution in [0, 0.1) is 5.92 Å². The van der Waals surface area contributed by atoms with Crippen molar-refractivity contribution in [3.05, 3.63) is 114 Å². The van der Waals surface area contributed by atoms with Gasteiger partial charge in [0, 0.05) is 11.1 Å². The van der Waals surface area contributed by atoms with Gasteiger partial charge in [-0.15, -0.1) is 0 Å². The van der Waals surface area contributed by atoms with Crippen LogP contribution in [0.15, 0.2) is 103 Å². The maximum Gasteiger partial charge on any atom is 0.0502 e. The van der Waals surface area contributed by atoms with E-state index in [0.29, 0.717) is 5.92 Å². The molecule has 4 aromatic carbocycles. The number of hydrogen-bond acceptors (Lipinski definition) is 1. The SMILES string of the molecule is CC(C)C1(C)c2ccccc2N(c2ccc(-c3ccccc3)cc2)c2ccccc21. The minimum Gasteiger partial charge on any atom is -0.310 e. The molecule has 0 aromatic heterocycles. The van der Waals surface area contributed by atoms with Crippen molar-refractivity contribution in [2.75, 3.05) is 4.90 Å². The Bertz CT molecular complexity index is 1120. The van der Waals surface area contributed by atoms with Crippen molar-refractivity contribution < 1.29 is 0 Å². The van der Waals surface area contributed by atoms with Gasteiger partial charge in [0.05, 0.1) is 11.4 Å². The highest BCUT2D eigenvalue weighted by molar-refractivity contribution is 5.86. The Kier molecular flexibility index (Phi) is 4.47. The number of rotatable bonds is 3. The van der Waals surface area contributed by atoms with E-state index in [1.54, 1.807) is 0 Å². The lowest BCUT2D eigenvalue weighted by atomic mass is 9.65. The smallest absolute Gasteiger partial charge is 0.0502 e. The van der Waals surface area contributed by atoms with E-state index in [2.05, 4.69) is 129 Å². The van der Waals surface area contributed by atoms with Crippen LogP contribution in [0.25, 0.3) is 11.1 Å². The fraction of sp³-hybridized carbons (Fsp3) is 0.172. The highest BCUT2D eigenvalue weighted by Crippen LogP contribution is 2.54. The van der Waals surface area contributed by atoms with Crippen LogP contribution in [0.4, 0.5) is 17.1 Å². The van der Waals surface area contributed by atoms with Gasteiger partial charge in [0.2, 0.25) is 0 Å². The van der Waals surface area contributed by atoms with E-state index >= 15 is 0 Å². The van der Waals surface area contributed by atoms with Crippen LogP contribution in [0.5, 0.6) is 0 Å². The lowest BCUT2D eigenvalue weighted by Gasteiger charge is -2.46. The van der Waals surface area contributed by atoms with Crippen molar-refractivity contribution in [1.82, 2.24) is 0 Å². The molecule has 0 spiro atoms. The molecule has 1 aliphatic heterocycles.